The number of amides is 2. The lowest BCUT2D eigenvalue weighted by Gasteiger charge is -2.49. The first-order valence-electron chi connectivity index (χ1n) is 10.8. The molecule has 2 aliphatic carbocycles. The van der Waals surface area contributed by atoms with Gasteiger partial charge in [0.05, 0.1) is 16.8 Å². The van der Waals surface area contributed by atoms with Crippen LogP contribution in [0.4, 0.5) is 0 Å². The van der Waals surface area contributed by atoms with E-state index < -0.39 is 5.54 Å². The van der Waals surface area contributed by atoms with Crippen molar-refractivity contribution in [2.45, 2.75) is 88.9 Å². The standard InChI is InChI=1S/C22H29N3O2S/c1-22(21(27)23-15-7-5-6-8-15)14-24-17-11-12-28-19(17)13-18(24)20(26)25(22)16-9-3-2-4-10-16/h11-13,15-16H,2-10,14H2,1H3,(H,23,27). The summed E-state index contributed by atoms with van der Waals surface area (Å²) in [6.45, 7) is 2.54. The van der Waals surface area contributed by atoms with Crippen LogP contribution in [0.1, 0.15) is 75.2 Å². The lowest BCUT2D eigenvalue weighted by atomic mass is 9.86. The molecule has 0 saturated heterocycles. The summed E-state index contributed by atoms with van der Waals surface area (Å²) in [5.41, 5.74) is 0.998. The number of carbonyl (C=O) groups excluding carboxylic acids is 2. The predicted molar refractivity (Wildman–Crippen MR) is 112 cm³/mol. The van der Waals surface area contributed by atoms with Crippen molar-refractivity contribution in [1.82, 2.24) is 14.8 Å². The van der Waals surface area contributed by atoms with Gasteiger partial charge in [0.25, 0.3) is 5.91 Å². The Bertz CT molecular complexity index is 904. The molecule has 2 amide bonds. The first kappa shape index (κ1) is 18.2. The van der Waals surface area contributed by atoms with Crippen molar-refractivity contribution < 1.29 is 9.59 Å². The number of nitrogens with one attached hydrogen (secondary N) is 1. The highest BCUT2D eigenvalue weighted by Gasteiger charge is 2.50. The molecule has 0 bridgehead atoms. The number of thiophene rings is 1. The molecule has 5 nitrogen and oxygen atoms in total. The average Bonchev–Trinajstić information content (AvgIpc) is 3.41. The van der Waals surface area contributed by atoms with Crippen LogP contribution in [0.3, 0.4) is 0 Å². The second-order valence-corrected chi connectivity index (χ2v) is 9.93. The molecule has 1 N–H and O–H groups in total. The molecule has 28 heavy (non-hydrogen) atoms. The van der Waals surface area contributed by atoms with E-state index in [0.29, 0.717) is 6.54 Å². The van der Waals surface area contributed by atoms with Crippen molar-refractivity contribution in [2.75, 3.05) is 0 Å². The molecule has 3 heterocycles. The molecule has 2 aromatic heterocycles. The minimum absolute atomic E-state index is 0.0288. The Morgan fingerprint density at radius 1 is 1.14 bits per heavy atom. The van der Waals surface area contributed by atoms with Gasteiger partial charge in [-0.15, -0.1) is 11.3 Å². The number of carbonyl (C=O) groups is 2. The second-order valence-electron chi connectivity index (χ2n) is 8.98. The molecule has 6 heteroatoms. The quantitative estimate of drug-likeness (QED) is 0.836. The fraction of sp³-hybridized carbons (Fsp3) is 0.636. The van der Waals surface area contributed by atoms with Crippen molar-refractivity contribution in [3.05, 3.63) is 23.2 Å². The molecule has 0 spiro atoms. The summed E-state index contributed by atoms with van der Waals surface area (Å²) in [7, 11) is 0. The van der Waals surface area contributed by atoms with Gasteiger partial charge in [-0.3, -0.25) is 9.59 Å². The zero-order valence-electron chi connectivity index (χ0n) is 16.6. The Morgan fingerprint density at radius 3 is 2.61 bits per heavy atom. The third kappa shape index (κ3) is 2.79. The van der Waals surface area contributed by atoms with Crippen molar-refractivity contribution in [3.8, 4) is 0 Å². The molecule has 2 aromatic rings. The maximum absolute atomic E-state index is 13.7. The summed E-state index contributed by atoms with van der Waals surface area (Å²) in [5.74, 6) is 0.0617. The summed E-state index contributed by atoms with van der Waals surface area (Å²) in [5, 5.41) is 5.36. The highest BCUT2D eigenvalue weighted by atomic mass is 32.1. The van der Waals surface area contributed by atoms with Crippen LogP contribution < -0.4 is 5.32 Å². The highest BCUT2D eigenvalue weighted by Crippen LogP contribution is 2.38. The van der Waals surface area contributed by atoms with E-state index in [1.54, 1.807) is 11.3 Å². The largest absolute Gasteiger partial charge is 0.351 e. The van der Waals surface area contributed by atoms with E-state index in [-0.39, 0.29) is 23.9 Å². The SMILES string of the molecule is CC1(C(=O)NC2CCCC2)Cn2c(cc3sccc32)C(=O)N1C1CCCCC1. The third-order valence-corrected chi connectivity index (χ3v) is 7.93. The van der Waals surface area contributed by atoms with E-state index in [1.807, 2.05) is 17.9 Å². The van der Waals surface area contributed by atoms with Crippen LogP contribution >= 0.6 is 11.3 Å². The van der Waals surface area contributed by atoms with Crippen molar-refractivity contribution >= 4 is 33.4 Å². The number of hydrogen-bond donors (Lipinski definition) is 1. The molecule has 0 radical (unpaired) electrons. The zero-order valence-corrected chi connectivity index (χ0v) is 17.4. The van der Waals surface area contributed by atoms with Gasteiger partial charge in [0.1, 0.15) is 11.2 Å². The lowest BCUT2D eigenvalue weighted by molar-refractivity contribution is -0.135. The fourth-order valence-electron chi connectivity index (χ4n) is 5.56. The molecule has 5 rings (SSSR count). The molecular weight excluding hydrogens is 370 g/mol. The van der Waals surface area contributed by atoms with E-state index in [9.17, 15) is 9.59 Å². The average molecular weight is 400 g/mol. The van der Waals surface area contributed by atoms with E-state index in [2.05, 4.69) is 21.3 Å². The maximum atomic E-state index is 13.7. The Morgan fingerprint density at radius 2 is 1.86 bits per heavy atom. The van der Waals surface area contributed by atoms with Gasteiger partial charge in [-0.05, 0) is 50.1 Å². The normalized spacial score (nSPS) is 26.8. The third-order valence-electron chi connectivity index (χ3n) is 7.08. The topological polar surface area (TPSA) is 54.3 Å². The first-order chi connectivity index (χ1) is 13.6. The predicted octanol–water partition coefficient (Wildman–Crippen LogP) is 4.31. The van der Waals surface area contributed by atoms with Gasteiger partial charge < -0.3 is 14.8 Å². The fourth-order valence-corrected chi connectivity index (χ4v) is 6.38. The van der Waals surface area contributed by atoms with Crippen LogP contribution in [0.15, 0.2) is 17.5 Å². The Kier molecular flexibility index (Phi) is 4.49. The maximum Gasteiger partial charge on any atom is 0.271 e. The number of hydrogen-bond acceptors (Lipinski definition) is 3. The van der Waals surface area contributed by atoms with E-state index >= 15 is 0 Å². The Balaban J connectivity index is 1.55. The van der Waals surface area contributed by atoms with Crippen LogP contribution in [-0.4, -0.2) is 38.9 Å². The van der Waals surface area contributed by atoms with Gasteiger partial charge in [-0.2, -0.15) is 0 Å². The molecule has 3 aliphatic rings. The monoisotopic (exact) mass is 399 g/mol. The van der Waals surface area contributed by atoms with Crippen molar-refractivity contribution in [3.63, 3.8) is 0 Å². The van der Waals surface area contributed by atoms with Crippen LogP contribution in [0, 0.1) is 0 Å². The van der Waals surface area contributed by atoms with Crippen molar-refractivity contribution in [2.24, 2.45) is 0 Å². The summed E-state index contributed by atoms with van der Waals surface area (Å²) < 4.78 is 3.22. The molecule has 1 aliphatic heterocycles. The minimum Gasteiger partial charge on any atom is -0.351 e. The van der Waals surface area contributed by atoms with E-state index in [1.165, 1.54) is 19.3 Å². The number of aromatic nitrogens is 1. The van der Waals surface area contributed by atoms with E-state index in [4.69, 9.17) is 0 Å². The smallest absolute Gasteiger partial charge is 0.271 e. The van der Waals surface area contributed by atoms with Gasteiger partial charge in [0.15, 0.2) is 0 Å². The molecule has 1 atom stereocenters. The van der Waals surface area contributed by atoms with Crippen LogP contribution in [-0.2, 0) is 11.3 Å². The van der Waals surface area contributed by atoms with Crippen LogP contribution in [0.5, 0.6) is 0 Å². The lowest BCUT2D eigenvalue weighted by Crippen LogP contribution is -2.67. The van der Waals surface area contributed by atoms with Gasteiger partial charge in [0.2, 0.25) is 5.91 Å². The molecule has 2 saturated carbocycles. The molecule has 1 unspecified atom stereocenters. The summed E-state index contributed by atoms with van der Waals surface area (Å²) >= 11 is 1.66. The van der Waals surface area contributed by atoms with Crippen LogP contribution in [0.25, 0.3) is 10.2 Å². The highest BCUT2D eigenvalue weighted by molar-refractivity contribution is 7.17. The molecule has 150 valence electrons. The summed E-state index contributed by atoms with van der Waals surface area (Å²) in [6.07, 6.45) is 10.0. The van der Waals surface area contributed by atoms with Gasteiger partial charge in [0, 0.05) is 12.1 Å². The number of nitrogens with zero attached hydrogens (tertiary/aromatic N) is 2. The second kappa shape index (κ2) is 6.90. The van der Waals surface area contributed by atoms with Crippen LogP contribution in [0.2, 0.25) is 0 Å². The minimum atomic E-state index is -0.831. The number of fused-ring (bicyclic) bond motifs is 3. The van der Waals surface area contributed by atoms with Crippen molar-refractivity contribution in [1.29, 1.82) is 0 Å². The molecule has 0 aromatic carbocycles. The Hall–Kier alpha value is -1.82. The molecule has 2 fully saturated rings. The first-order valence-corrected chi connectivity index (χ1v) is 11.7. The van der Waals surface area contributed by atoms with E-state index in [0.717, 1.165) is 54.4 Å². The summed E-state index contributed by atoms with van der Waals surface area (Å²) in [4.78, 5) is 29.2. The van der Waals surface area contributed by atoms with Gasteiger partial charge in [-0.25, -0.2) is 0 Å². The Labute approximate surface area is 170 Å². The van der Waals surface area contributed by atoms with Gasteiger partial charge >= 0.3 is 0 Å². The summed E-state index contributed by atoms with van der Waals surface area (Å²) in [6, 6.07) is 4.52. The number of rotatable bonds is 3. The van der Waals surface area contributed by atoms with Gasteiger partial charge in [-0.1, -0.05) is 32.1 Å². The molecular formula is C22H29N3O2S. The zero-order chi connectivity index (χ0) is 19.3.